The summed E-state index contributed by atoms with van der Waals surface area (Å²) < 4.78 is 0. The summed E-state index contributed by atoms with van der Waals surface area (Å²) in [6.07, 6.45) is 8.06. The van der Waals surface area contributed by atoms with Crippen LogP contribution in [0.4, 0.5) is 0 Å². The molecule has 1 heterocycles. The van der Waals surface area contributed by atoms with Gasteiger partial charge < -0.3 is 0 Å². The first kappa shape index (κ1) is 14.0. The SMILES string of the molecule is C/C=C(/C[SiH](C)C)C(C)N1CCCCCC1. The predicted octanol–water partition coefficient (Wildman–Crippen LogP) is 3.68. The van der Waals surface area contributed by atoms with Crippen LogP contribution in [0.2, 0.25) is 19.1 Å². The van der Waals surface area contributed by atoms with Crippen LogP contribution in [-0.2, 0) is 0 Å². The number of hydrogen-bond acceptors (Lipinski definition) is 1. The Balaban J connectivity index is 2.55. The predicted molar refractivity (Wildman–Crippen MR) is 76.9 cm³/mol. The summed E-state index contributed by atoms with van der Waals surface area (Å²) in [7, 11) is -0.463. The summed E-state index contributed by atoms with van der Waals surface area (Å²) in [5.74, 6) is 0. The minimum Gasteiger partial charge on any atom is -0.297 e. The average Bonchev–Trinajstić information content (AvgIpc) is 2.53. The molecule has 1 aliphatic rings. The van der Waals surface area contributed by atoms with Crippen LogP contribution < -0.4 is 0 Å². The number of likely N-dealkylation sites (tertiary alicyclic amines) is 1. The maximum absolute atomic E-state index is 2.71. The molecule has 1 aliphatic heterocycles. The van der Waals surface area contributed by atoms with Crippen LogP contribution in [0.3, 0.4) is 0 Å². The van der Waals surface area contributed by atoms with Gasteiger partial charge in [-0.15, -0.1) is 0 Å². The number of rotatable bonds is 4. The Morgan fingerprint density at radius 2 is 1.75 bits per heavy atom. The van der Waals surface area contributed by atoms with Gasteiger partial charge in [-0.1, -0.05) is 37.6 Å². The smallest absolute Gasteiger partial charge is 0.0349 e. The van der Waals surface area contributed by atoms with E-state index in [-0.39, 0.29) is 0 Å². The van der Waals surface area contributed by atoms with Gasteiger partial charge in [0.15, 0.2) is 0 Å². The number of nitrogens with zero attached hydrogens (tertiary/aromatic N) is 1. The third-order valence-corrected chi connectivity index (χ3v) is 5.03. The van der Waals surface area contributed by atoms with Crippen molar-refractivity contribution < 1.29 is 0 Å². The van der Waals surface area contributed by atoms with Gasteiger partial charge in [-0.2, -0.15) is 0 Å². The fourth-order valence-corrected chi connectivity index (χ4v) is 4.24. The maximum Gasteiger partial charge on any atom is 0.0349 e. The molecule has 0 aromatic carbocycles. The average molecular weight is 239 g/mol. The van der Waals surface area contributed by atoms with Gasteiger partial charge >= 0.3 is 0 Å². The van der Waals surface area contributed by atoms with Crippen molar-refractivity contribution in [1.82, 2.24) is 4.90 Å². The van der Waals surface area contributed by atoms with E-state index >= 15 is 0 Å². The van der Waals surface area contributed by atoms with E-state index in [1.165, 1.54) is 44.8 Å². The van der Waals surface area contributed by atoms with E-state index in [4.69, 9.17) is 0 Å². The van der Waals surface area contributed by atoms with Crippen molar-refractivity contribution in [1.29, 1.82) is 0 Å². The molecular formula is C14H29NSi. The lowest BCUT2D eigenvalue weighted by Gasteiger charge is -2.30. The van der Waals surface area contributed by atoms with Crippen LogP contribution in [-0.4, -0.2) is 32.8 Å². The summed E-state index contributed by atoms with van der Waals surface area (Å²) >= 11 is 0. The molecule has 1 nitrogen and oxygen atoms in total. The normalized spacial score (nSPS) is 22.2. The van der Waals surface area contributed by atoms with Crippen LogP contribution in [0.15, 0.2) is 11.6 Å². The highest BCUT2D eigenvalue weighted by molar-refractivity contribution is 6.56. The van der Waals surface area contributed by atoms with E-state index in [0.717, 1.165) is 0 Å². The molecule has 1 saturated heterocycles. The van der Waals surface area contributed by atoms with Gasteiger partial charge in [0.05, 0.1) is 0 Å². The van der Waals surface area contributed by atoms with Crippen molar-refractivity contribution in [2.45, 2.75) is 64.7 Å². The third kappa shape index (κ3) is 4.42. The summed E-state index contributed by atoms with van der Waals surface area (Å²) in [6, 6.07) is 2.09. The lowest BCUT2D eigenvalue weighted by Crippen LogP contribution is -2.35. The van der Waals surface area contributed by atoms with Gasteiger partial charge in [-0.05, 0) is 45.8 Å². The molecule has 0 amide bonds. The molecule has 1 atom stereocenters. The molecule has 0 radical (unpaired) electrons. The van der Waals surface area contributed by atoms with Crippen molar-refractivity contribution >= 4 is 8.80 Å². The molecule has 2 heteroatoms. The van der Waals surface area contributed by atoms with Gasteiger partial charge in [0.1, 0.15) is 0 Å². The molecule has 0 N–H and O–H groups in total. The lowest BCUT2D eigenvalue weighted by atomic mass is 10.1. The Hall–Kier alpha value is -0.0831. The first-order valence-electron chi connectivity index (χ1n) is 7.04. The summed E-state index contributed by atoms with van der Waals surface area (Å²) in [4.78, 5) is 2.71. The van der Waals surface area contributed by atoms with Crippen LogP contribution >= 0.6 is 0 Å². The van der Waals surface area contributed by atoms with Crippen molar-refractivity contribution in [2.24, 2.45) is 0 Å². The molecule has 0 aromatic rings. The minimum absolute atomic E-state index is 0.463. The van der Waals surface area contributed by atoms with E-state index in [1.54, 1.807) is 5.57 Å². The first-order chi connectivity index (χ1) is 7.65. The standard InChI is InChI=1S/C14H29NSi/c1-5-14(12-16(3)4)13(2)15-10-8-6-7-9-11-15/h5,13,16H,6-12H2,1-4H3/b14-5-. The van der Waals surface area contributed by atoms with E-state index in [9.17, 15) is 0 Å². The lowest BCUT2D eigenvalue weighted by molar-refractivity contribution is 0.242. The van der Waals surface area contributed by atoms with E-state index < -0.39 is 8.80 Å². The Morgan fingerprint density at radius 3 is 2.19 bits per heavy atom. The highest BCUT2D eigenvalue weighted by Gasteiger charge is 2.19. The fraction of sp³-hybridized carbons (Fsp3) is 0.857. The third-order valence-electron chi connectivity index (χ3n) is 3.74. The molecule has 1 rings (SSSR count). The Morgan fingerprint density at radius 1 is 1.19 bits per heavy atom. The van der Waals surface area contributed by atoms with E-state index in [2.05, 4.69) is 37.9 Å². The fourth-order valence-electron chi connectivity index (χ4n) is 2.72. The van der Waals surface area contributed by atoms with Crippen molar-refractivity contribution in [2.75, 3.05) is 13.1 Å². The van der Waals surface area contributed by atoms with Crippen LogP contribution in [0.1, 0.15) is 39.5 Å². The monoisotopic (exact) mass is 239 g/mol. The second-order valence-electron chi connectivity index (χ2n) is 5.59. The zero-order valence-corrected chi connectivity index (χ0v) is 12.8. The Bertz CT molecular complexity index is 215. The Kier molecular flexibility index (Phi) is 6.36. The molecule has 0 spiro atoms. The molecule has 1 unspecified atom stereocenters. The molecule has 1 fully saturated rings. The highest BCUT2D eigenvalue weighted by atomic mass is 28.3. The van der Waals surface area contributed by atoms with Crippen molar-refractivity contribution in [3.8, 4) is 0 Å². The number of allylic oxidation sites excluding steroid dienone is 1. The number of hydrogen-bond donors (Lipinski definition) is 0. The van der Waals surface area contributed by atoms with E-state index in [1.807, 2.05) is 0 Å². The van der Waals surface area contributed by atoms with Crippen LogP contribution in [0.5, 0.6) is 0 Å². The van der Waals surface area contributed by atoms with Gasteiger partial charge in [-0.3, -0.25) is 4.90 Å². The highest BCUT2D eigenvalue weighted by Crippen LogP contribution is 2.20. The van der Waals surface area contributed by atoms with Gasteiger partial charge in [0, 0.05) is 14.8 Å². The van der Waals surface area contributed by atoms with Crippen molar-refractivity contribution in [3.63, 3.8) is 0 Å². The molecule has 0 saturated carbocycles. The van der Waals surface area contributed by atoms with Crippen LogP contribution in [0, 0.1) is 0 Å². The second kappa shape index (κ2) is 7.28. The Labute approximate surface area is 104 Å². The minimum atomic E-state index is -0.463. The molecule has 94 valence electrons. The topological polar surface area (TPSA) is 3.24 Å². The van der Waals surface area contributed by atoms with Crippen LogP contribution in [0.25, 0.3) is 0 Å². The molecule has 16 heavy (non-hydrogen) atoms. The zero-order chi connectivity index (χ0) is 12.0. The second-order valence-corrected chi connectivity index (χ2v) is 8.78. The maximum atomic E-state index is 2.71. The first-order valence-corrected chi connectivity index (χ1v) is 10.2. The molecule has 0 aliphatic carbocycles. The zero-order valence-electron chi connectivity index (χ0n) is 11.6. The molecule has 0 aromatic heterocycles. The summed E-state index contributed by atoms with van der Waals surface area (Å²) in [5.41, 5.74) is 1.70. The molecular weight excluding hydrogens is 210 g/mol. The van der Waals surface area contributed by atoms with E-state index in [0.29, 0.717) is 6.04 Å². The van der Waals surface area contributed by atoms with Gasteiger partial charge in [0.25, 0.3) is 0 Å². The largest absolute Gasteiger partial charge is 0.297 e. The summed E-state index contributed by atoms with van der Waals surface area (Å²) in [6.45, 7) is 12.2. The van der Waals surface area contributed by atoms with Crippen molar-refractivity contribution in [3.05, 3.63) is 11.6 Å². The van der Waals surface area contributed by atoms with Gasteiger partial charge in [-0.25, -0.2) is 0 Å². The molecule has 0 bridgehead atoms. The van der Waals surface area contributed by atoms with Gasteiger partial charge in [0.2, 0.25) is 0 Å². The quantitative estimate of drug-likeness (QED) is 0.534. The summed E-state index contributed by atoms with van der Waals surface area (Å²) in [5, 5.41) is 0.